The molecule has 10 aromatic rings. The Bertz CT molecular complexity index is 2860. The van der Waals surface area contributed by atoms with Crippen LogP contribution in [0.5, 0.6) is 0 Å². The van der Waals surface area contributed by atoms with Crippen LogP contribution in [-0.4, -0.2) is 19.9 Å². The van der Waals surface area contributed by atoms with Crippen LogP contribution in [-0.2, 0) is 0 Å². The van der Waals surface area contributed by atoms with Gasteiger partial charge in [0.15, 0.2) is 23.1 Å². The lowest BCUT2D eigenvalue weighted by molar-refractivity contribution is 0.668. The Morgan fingerprint density at radius 1 is 0.353 bits per heavy atom. The van der Waals surface area contributed by atoms with Crippen molar-refractivity contribution in [2.45, 2.75) is 0 Å². The number of aromatic nitrogens is 4. The van der Waals surface area contributed by atoms with Crippen LogP contribution < -0.4 is 0 Å². The molecule has 0 saturated heterocycles. The van der Waals surface area contributed by atoms with Crippen LogP contribution in [0.3, 0.4) is 0 Å². The van der Waals surface area contributed by atoms with Gasteiger partial charge in [0.1, 0.15) is 11.1 Å². The molecule has 0 spiro atoms. The van der Waals surface area contributed by atoms with Crippen LogP contribution in [0.25, 0.3) is 100 Å². The third-order valence-electron chi connectivity index (χ3n) is 9.53. The lowest BCUT2D eigenvalue weighted by Crippen LogP contribution is -2.00. The molecule has 0 aliphatic rings. The minimum Gasteiger partial charge on any atom is -0.454 e. The van der Waals surface area contributed by atoms with E-state index in [-0.39, 0.29) is 0 Å². The van der Waals surface area contributed by atoms with E-state index in [1.165, 1.54) is 21.5 Å². The first-order chi connectivity index (χ1) is 25.2. The van der Waals surface area contributed by atoms with Crippen molar-refractivity contribution in [3.8, 4) is 56.4 Å². The molecular weight excluding hydrogens is 625 g/mol. The zero-order chi connectivity index (χ0) is 33.7. The summed E-state index contributed by atoms with van der Waals surface area (Å²) in [5, 5.41) is 5.80. The summed E-state index contributed by atoms with van der Waals surface area (Å²) in [6.07, 6.45) is 1.81. The van der Waals surface area contributed by atoms with Gasteiger partial charge in [-0.05, 0) is 92.3 Å². The Kier molecular flexibility index (Phi) is 6.74. The van der Waals surface area contributed by atoms with Gasteiger partial charge in [-0.1, -0.05) is 115 Å². The van der Waals surface area contributed by atoms with E-state index in [0.29, 0.717) is 17.5 Å². The van der Waals surface area contributed by atoms with E-state index in [9.17, 15) is 0 Å². The van der Waals surface area contributed by atoms with Crippen molar-refractivity contribution in [3.63, 3.8) is 0 Å². The van der Waals surface area contributed by atoms with Gasteiger partial charge in [0, 0.05) is 28.3 Å². The largest absolute Gasteiger partial charge is 0.454 e. The third-order valence-corrected chi connectivity index (χ3v) is 9.53. The summed E-state index contributed by atoms with van der Waals surface area (Å²) in [4.78, 5) is 19.8. The number of nitrogens with zero attached hydrogens (tertiary/aromatic N) is 4. The Morgan fingerprint density at radius 3 is 1.71 bits per heavy atom. The quantitative estimate of drug-likeness (QED) is 0.173. The molecule has 5 heteroatoms. The number of benzene rings is 7. The molecule has 3 heterocycles. The second-order valence-electron chi connectivity index (χ2n) is 12.7. The first kappa shape index (κ1) is 29.0. The standard InChI is InChI=1S/C46H28N4O/c1-3-12-29(13-4-1)44-48-45(30-14-5-2-6-15-30)50-46(49-44)35-25-33(31-21-22-41-40(27-31)43-42(51-41)20-11-23-47-43)24-34(26-35)39-28-32-16-7-8-17-36(32)37-18-9-10-19-38(37)39/h1-28H. The smallest absolute Gasteiger partial charge is 0.164 e. The Balaban J connectivity index is 1.25. The van der Waals surface area contributed by atoms with Crippen molar-refractivity contribution < 1.29 is 4.42 Å². The fourth-order valence-corrected chi connectivity index (χ4v) is 7.09. The van der Waals surface area contributed by atoms with Crippen LogP contribution in [0.15, 0.2) is 174 Å². The van der Waals surface area contributed by atoms with Crippen LogP contribution in [0.2, 0.25) is 0 Å². The van der Waals surface area contributed by atoms with Crippen molar-refractivity contribution in [3.05, 3.63) is 170 Å². The van der Waals surface area contributed by atoms with E-state index in [1.54, 1.807) is 0 Å². The van der Waals surface area contributed by atoms with Gasteiger partial charge in [-0.3, -0.25) is 4.98 Å². The molecule has 0 saturated carbocycles. The van der Waals surface area contributed by atoms with E-state index in [0.717, 1.165) is 61.0 Å². The van der Waals surface area contributed by atoms with Gasteiger partial charge in [-0.2, -0.15) is 0 Å². The topological polar surface area (TPSA) is 64.7 Å². The van der Waals surface area contributed by atoms with E-state index in [1.807, 2.05) is 85.1 Å². The first-order valence-electron chi connectivity index (χ1n) is 17.0. The molecule has 0 aliphatic heterocycles. The summed E-state index contributed by atoms with van der Waals surface area (Å²) < 4.78 is 6.14. The van der Waals surface area contributed by atoms with E-state index in [4.69, 9.17) is 19.4 Å². The fourth-order valence-electron chi connectivity index (χ4n) is 7.09. The Morgan fingerprint density at radius 2 is 0.961 bits per heavy atom. The predicted molar refractivity (Wildman–Crippen MR) is 207 cm³/mol. The maximum Gasteiger partial charge on any atom is 0.164 e. The van der Waals surface area contributed by atoms with Crippen molar-refractivity contribution >= 4 is 43.6 Å². The number of furan rings is 1. The van der Waals surface area contributed by atoms with Crippen LogP contribution >= 0.6 is 0 Å². The molecule has 7 aromatic carbocycles. The molecule has 0 fully saturated rings. The number of hydrogen-bond acceptors (Lipinski definition) is 5. The molecule has 0 amide bonds. The van der Waals surface area contributed by atoms with Gasteiger partial charge in [0.05, 0.1) is 0 Å². The van der Waals surface area contributed by atoms with Crippen LogP contribution in [0.1, 0.15) is 0 Å². The number of pyridine rings is 1. The molecule has 51 heavy (non-hydrogen) atoms. The van der Waals surface area contributed by atoms with Crippen LogP contribution in [0.4, 0.5) is 0 Å². The van der Waals surface area contributed by atoms with Gasteiger partial charge >= 0.3 is 0 Å². The number of hydrogen-bond donors (Lipinski definition) is 0. The molecule has 0 unspecified atom stereocenters. The summed E-state index contributed by atoms with van der Waals surface area (Å²) in [7, 11) is 0. The molecule has 0 aliphatic carbocycles. The minimum absolute atomic E-state index is 0.604. The monoisotopic (exact) mass is 652 g/mol. The molecule has 0 bridgehead atoms. The highest BCUT2D eigenvalue weighted by molar-refractivity contribution is 6.14. The Labute approximate surface area is 293 Å². The highest BCUT2D eigenvalue weighted by atomic mass is 16.3. The van der Waals surface area contributed by atoms with E-state index >= 15 is 0 Å². The first-order valence-corrected chi connectivity index (χ1v) is 17.0. The number of fused-ring (bicyclic) bond motifs is 6. The van der Waals surface area contributed by atoms with Gasteiger partial charge < -0.3 is 4.42 Å². The highest BCUT2D eigenvalue weighted by Crippen LogP contribution is 2.40. The molecule has 238 valence electrons. The van der Waals surface area contributed by atoms with Crippen molar-refractivity contribution in [2.75, 3.05) is 0 Å². The van der Waals surface area contributed by atoms with Crippen molar-refractivity contribution in [2.24, 2.45) is 0 Å². The normalized spacial score (nSPS) is 11.5. The van der Waals surface area contributed by atoms with E-state index in [2.05, 4.69) is 89.9 Å². The zero-order valence-electron chi connectivity index (χ0n) is 27.4. The molecule has 10 rings (SSSR count). The molecular formula is C46H28N4O. The Hall–Kier alpha value is -6.98. The summed E-state index contributed by atoms with van der Waals surface area (Å²) in [6, 6.07) is 56.6. The minimum atomic E-state index is 0.604. The van der Waals surface area contributed by atoms with Gasteiger partial charge in [0.25, 0.3) is 0 Å². The maximum atomic E-state index is 6.14. The van der Waals surface area contributed by atoms with Crippen LogP contribution in [0, 0.1) is 0 Å². The summed E-state index contributed by atoms with van der Waals surface area (Å²) in [6.45, 7) is 0. The summed E-state index contributed by atoms with van der Waals surface area (Å²) in [5.41, 5.74) is 9.48. The summed E-state index contributed by atoms with van der Waals surface area (Å²) >= 11 is 0. The number of rotatable bonds is 5. The van der Waals surface area contributed by atoms with E-state index < -0.39 is 0 Å². The van der Waals surface area contributed by atoms with Gasteiger partial charge in [0.2, 0.25) is 0 Å². The lowest BCUT2D eigenvalue weighted by Gasteiger charge is -2.15. The average Bonchev–Trinajstić information content (AvgIpc) is 3.59. The molecule has 3 aromatic heterocycles. The highest BCUT2D eigenvalue weighted by Gasteiger charge is 2.17. The maximum absolute atomic E-state index is 6.14. The SMILES string of the molecule is c1ccc(-c2nc(-c3ccccc3)nc(-c3cc(-c4ccc5oc6cccnc6c5c4)cc(-c4cc5ccccc5c5ccccc45)c3)n2)cc1. The zero-order valence-corrected chi connectivity index (χ0v) is 27.4. The van der Waals surface area contributed by atoms with Crippen molar-refractivity contribution in [1.82, 2.24) is 19.9 Å². The van der Waals surface area contributed by atoms with Crippen molar-refractivity contribution in [1.29, 1.82) is 0 Å². The van der Waals surface area contributed by atoms with Gasteiger partial charge in [-0.25, -0.2) is 15.0 Å². The second kappa shape index (κ2) is 11.9. The molecule has 0 N–H and O–H groups in total. The average molecular weight is 653 g/mol. The van der Waals surface area contributed by atoms with Gasteiger partial charge in [-0.15, -0.1) is 0 Å². The molecule has 5 nitrogen and oxygen atoms in total. The second-order valence-corrected chi connectivity index (χ2v) is 12.7. The fraction of sp³-hybridized carbons (Fsp3) is 0. The molecule has 0 radical (unpaired) electrons. The molecule has 0 atom stereocenters. The third kappa shape index (κ3) is 5.11. The lowest BCUT2D eigenvalue weighted by atomic mass is 9.90. The summed E-state index contributed by atoms with van der Waals surface area (Å²) in [5.74, 6) is 1.85. The predicted octanol–water partition coefficient (Wildman–Crippen LogP) is 11.8.